The van der Waals surface area contributed by atoms with Crippen molar-refractivity contribution >= 4 is 0 Å². The van der Waals surface area contributed by atoms with E-state index < -0.39 is 0 Å². The molecule has 1 aliphatic rings. The van der Waals surface area contributed by atoms with E-state index in [1.54, 1.807) is 0 Å². The van der Waals surface area contributed by atoms with Crippen LogP contribution < -0.4 is 0 Å². The lowest BCUT2D eigenvalue weighted by Crippen LogP contribution is -2.38. The fourth-order valence-electron chi connectivity index (χ4n) is 2.21. The molecule has 78 valence electrons. The first-order valence-electron chi connectivity index (χ1n) is 5.41. The van der Waals surface area contributed by atoms with Crippen molar-refractivity contribution in [3.63, 3.8) is 0 Å². The van der Waals surface area contributed by atoms with Gasteiger partial charge < -0.3 is 4.74 Å². The van der Waals surface area contributed by atoms with Crippen LogP contribution in [-0.2, 0) is 4.74 Å². The molecule has 13 heavy (non-hydrogen) atoms. The molecule has 2 unspecified atom stereocenters. The van der Waals surface area contributed by atoms with E-state index in [2.05, 4.69) is 48.5 Å². The SMILES string of the molecule is CCC(C)(C)C1(C)OC1(C)C(C)C. The fraction of sp³-hybridized carbons (Fsp3) is 1.00. The van der Waals surface area contributed by atoms with Crippen molar-refractivity contribution in [2.45, 2.75) is 66.1 Å². The zero-order chi connectivity index (χ0) is 10.5. The van der Waals surface area contributed by atoms with Gasteiger partial charge in [-0.15, -0.1) is 0 Å². The van der Waals surface area contributed by atoms with Gasteiger partial charge in [0.2, 0.25) is 0 Å². The average Bonchev–Trinajstić information content (AvgIpc) is 2.59. The molecule has 1 saturated heterocycles. The first-order chi connectivity index (χ1) is 5.71. The summed E-state index contributed by atoms with van der Waals surface area (Å²) >= 11 is 0. The molecular formula is C12H24O. The van der Waals surface area contributed by atoms with Crippen molar-refractivity contribution in [3.05, 3.63) is 0 Å². The predicted molar refractivity (Wildman–Crippen MR) is 56.8 cm³/mol. The minimum absolute atomic E-state index is 0.0723. The lowest BCUT2D eigenvalue weighted by molar-refractivity contribution is 0.147. The zero-order valence-electron chi connectivity index (χ0n) is 10.2. The third-order valence-electron chi connectivity index (χ3n) is 4.60. The van der Waals surface area contributed by atoms with Gasteiger partial charge in [0.15, 0.2) is 0 Å². The number of rotatable bonds is 3. The van der Waals surface area contributed by atoms with Crippen LogP contribution in [0.15, 0.2) is 0 Å². The van der Waals surface area contributed by atoms with Crippen LogP contribution in [0.3, 0.4) is 0 Å². The van der Waals surface area contributed by atoms with Crippen LogP contribution in [0.2, 0.25) is 0 Å². The summed E-state index contributed by atoms with van der Waals surface area (Å²) in [5.41, 5.74) is 0.446. The Morgan fingerprint density at radius 2 is 1.69 bits per heavy atom. The second kappa shape index (κ2) is 2.73. The molecule has 0 N–H and O–H groups in total. The number of hydrogen-bond acceptors (Lipinski definition) is 1. The monoisotopic (exact) mass is 184 g/mol. The smallest absolute Gasteiger partial charge is 0.100 e. The van der Waals surface area contributed by atoms with Crippen LogP contribution in [0, 0.1) is 11.3 Å². The second-order valence-electron chi connectivity index (χ2n) is 5.63. The van der Waals surface area contributed by atoms with Gasteiger partial charge in [0.25, 0.3) is 0 Å². The molecule has 1 aliphatic heterocycles. The molecule has 0 aliphatic carbocycles. The van der Waals surface area contributed by atoms with Gasteiger partial charge in [-0.3, -0.25) is 0 Å². The Bertz CT molecular complexity index is 207. The van der Waals surface area contributed by atoms with Gasteiger partial charge in [0.1, 0.15) is 5.60 Å². The van der Waals surface area contributed by atoms with Gasteiger partial charge in [0, 0.05) is 0 Å². The molecule has 0 saturated carbocycles. The summed E-state index contributed by atoms with van der Waals surface area (Å²) in [7, 11) is 0. The summed E-state index contributed by atoms with van der Waals surface area (Å²) in [6, 6.07) is 0. The lowest BCUT2D eigenvalue weighted by atomic mass is 9.69. The summed E-state index contributed by atoms with van der Waals surface area (Å²) in [6.07, 6.45) is 1.17. The molecule has 2 atom stereocenters. The highest BCUT2D eigenvalue weighted by Crippen LogP contribution is 2.62. The highest BCUT2D eigenvalue weighted by atomic mass is 16.6. The maximum absolute atomic E-state index is 6.01. The summed E-state index contributed by atoms with van der Waals surface area (Å²) < 4.78 is 6.01. The highest BCUT2D eigenvalue weighted by molar-refractivity contribution is 5.18. The first kappa shape index (κ1) is 11.0. The van der Waals surface area contributed by atoms with Gasteiger partial charge in [0.05, 0.1) is 5.60 Å². The van der Waals surface area contributed by atoms with Crippen molar-refractivity contribution in [2.24, 2.45) is 11.3 Å². The van der Waals surface area contributed by atoms with E-state index in [1.807, 2.05) is 0 Å². The quantitative estimate of drug-likeness (QED) is 0.610. The number of ether oxygens (including phenoxy) is 1. The molecular weight excluding hydrogens is 160 g/mol. The molecule has 1 heterocycles. The van der Waals surface area contributed by atoms with Crippen molar-refractivity contribution in [2.75, 3.05) is 0 Å². The lowest BCUT2D eigenvalue weighted by Gasteiger charge is -2.31. The van der Waals surface area contributed by atoms with Gasteiger partial charge in [-0.05, 0) is 31.6 Å². The van der Waals surface area contributed by atoms with Gasteiger partial charge in [-0.1, -0.05) is 34.6 Å². The Balaban J connectivity index is 2.86. The Kier molecular flexibility index (Phi) is 2.31. The fourth-order valence-corrected chi connectivity index (χ4v) is 2.21. The molecule has 0 aromatic rings. The van der Waals surface area contributed by atoms with E-state index in [9.17, 15) is 0 Å². The zero-order valence-corrected chi connectivity index (χ0v) is 10.2. The van der Waals surface area contributed by atoms with Crippen molar-refractivity contribution in [3.8, 4) is 0 Å². The van der Waals surface area contributed by atoms with Crippen molar-refractivity contribution in [1.82, 2.24) is 0 Å². The molecule has 1 fully saturated rings. The molecule has 0 aromatic carbocycles. The van der Waals surface area contributed by atoms with Crippen LogP contribution in [0.25, 0.3) is 0 Å². The van der Waals surface area contributed by atoms with E-state index in [0.717, 1.165) is 0 Å². The van der Waals surface area contributed by atoms with E-state index >= 15 is 0 Å². The molecule has 1 heteroatoms. The Labute approximate surface area is 82.9 Å². The summed E-state index contributed by atoms with van der Waals surface area (Å²) in [6.45, 7) is 15.9. The minimum Gasteiger partial charge on any atom is -0.362 e. The van der Waals surface area contributed by atoms with Gasteiger partial charge in [-0.25, -0.2) is 0 Å². The first-order valence-corrected chi connectivity index (χ1v) is 5.41. The molecule has 0 radical (unpaired) electrons. The van der Waals surface area contributed by atoms with Gasteiger partial charge >= 0.3 is 0 Å². The molecule has 1 rings (SSSR count). The van der Waals surface area contributed by atoms with Crippen LogP contribution in [0.1, 0.15) is 54.9 Å². The highest BCUT2D eigenvalue weighted by Gasteiger charge is 2.70. The standard InChI is InChI=1S/C12H24O/c1-8-10(4,5)12(7)11(6,13-12)9(2)3/h9H,8H2,1-7H3. The average molecular weight is 184 g/mol. The topological polar surface area (TPSA) is 12.5 Å². The minimum atomic E-state index is 0.0723. The summed E-state index contributed by atoms with van der Waals surface area (Å²) in [5.74, 6) is 0.600. The largest absolute Gasteiger partial charge is 0.362 e. The van der Waals surface area contributed by atoms with Crippen LogP contribution in [-0.4, -0.2) is 11.2 Å². The number of hydrogen-bond donors (Lipinski definition) is 0. The normalized spacial score (nSPS) is 39.7. The van der Waals surface area contributed by atoms with E-state index in [0.29, 0.717) is 5.92 Å². The van der Waals surface area contributed by atoms with Crippen molar-refractivity contribution < 1.29 is 4.74 Å². The molecule has 0 aromatic heterocycles. The molecule has 0 amide bonds. The second-order valence-corrected chi connectivity index (χ2v) is 5.63. The Hall–Kier alpha value is -0.0400. The summed E-state index contributed by atoms with van der Waals surface area (Å²) in [5, 5.41) is 0. The van der Waals surface area contributed by atoms with Crippen LogP contribution in [0.4, 0.5) is 0 Å². The Morgan fingerprint density at radius 1 is 1.23 bits per heavy atom. The molecule has 1 nitrogen and oxygen atoms in total. The number of epoxide rings is 1. The summed E-state index contributed by atoms with van der Waals surface area (Å²) in [4.78, 5) is 0. The maximum Gasteiger partial charge on any atom is 0.100 e. The van der Waals surface area contributed by atoms with Crippen LogP contribution in [0.5, 0.6) is 0 Å². The third-order valence-corrected chi connectivity index (χ3v) is 4.60. The molecule has 0 bridgehead atoms. The predicted octanol–water partition coefficient (Wildman–Crippen LogP) is 3.63. The van der Waals surface area contributed by atoms with E-state index in [-0.39, 0.29) is 16.6 Å². The van der Waals surface area contributed by atoms with Crippen molar-refractivity contribution in [1.29, 1.82) is 0 Å². The van der Waals surface area contributed by atoms with Gasteiger partial charge in [-0.2, -0.15) is 0 Å². The van der Waals surface area contributed by atoms with Crippen LogP contribution >= 0.6 is 0 Å². The Morgan fingerprint density at radius 3 is 1.92 bits per heavy atom. The third kappa shape index (κ3) is 1.24. The van der Waals surface area contributed by atoms with E-state index in [1.165, 1.54) is 6.42 Å². The molecule has 0 spiro atoms. The maximum atomic E-state index is 6.01. The van der Waals surface area contributed by atoms with E-state index in [4.69, 9.17) is 4.74 Å².